The van der Waals surface area contributed by atoms with Crippen molar-refractivity contribution in [1.82, 2.24) is 4.90 Å². The summed E-state index contributed by atoms with van der Waals surface area (Å²) in [6.07, 6.45) is 4.91. The van der Waals surface area contributed by atoms with Crippen molar-refractivity contribution in [2.24, 2.45) is 5.92 Å². The van der Waals surface area contributed by atoms with Gasteiger partial charge in [-0.15, -0.1) is 0 Å². The van der Waals surface area contributed by atoms with Crippen LogP contribution in [0.1, 0.15) is 38.3 Å². The number of benzene rings is 1. The summed E-state index contributed by atoms with van der Waals surface area (Å²) in [7, 11) is 0. The Hall–Kier alpha value is -2.67. The van der Waals surface area contributed by atoms with Crippen LogP contribution in [0.15, 0.2) is 12.2 Å². The molecule has 0 radical (unpaired) electrons. The van der Waals surface area contributed by atoms with Gasteiger partial charge in [-0.05, 0) is 18.4 Å². The summed E-state index contributed by atoms with van der Waals surface area (Å²) >= 11 is 0. The highest BCUT2D eigenvalue weighted by atomic mass is 16.5. The second kappa shape index (κ2) is 4.94. The second-order valence-electron chi connectivity index (χ2n) is 7.44. The number of phenols is 1. The normalized spacial score (nSPS) is 35.5. The van der Waals surface area contributed by atoms with Gasteiger partial charge in [0.15, 0.2) is 24.1 Å². The largest absolute Gasteiger partial charge is 0.504 e. The number of hydrogen-bond acceptors (Lipinski definition) is 6. The summed E-state index contributed by atoms with van der Waals surface area (Å²) < 4.78 is 6.00. The van der Waals surface area contributed by atoms with Crippen LogP contribution in [0.4, 0.5) is 0 Å². The van der Waals surface area contributed by atoms with Gasteiger partial charge < -0.3 is 19.8 Å². The van der Waals surface area contributed by atoms with E-state index in [0.29, 0.717) is 37.5 Å². The van der Waals surface area contributed by atoms with Crippen LogP contribution in [-0.4, -0.2) is 58.9 Å². The molecule has 1 amide bonds. The highest BCUT2D eigenvalue weighted by Gasteiger charge is 2.65. The number of nitrogens with zero attached hydrogens (tertiary/aromatic N) is 1. The molecule has 1 saturated heterocycles. The molecule has 26 heavy (non-hydrogen) atoms. The summed E-state index contributed by atoms with van der Waals surface area (Å²) in [5.41, 5.74) is 0.814. The molecule has 2 aliphatic heterocycles. The third kappa shape index (κ3) is 1.51. The predicted octanol–water partition coefficient (Wildman–Crippen LogP) is 0.350. The summed E-state index contributed by atoms with van der Waals surface area (Å²) in [6.45, 7) is 0.510. The molecule has 7 nitrogen and oxygen atoms in total. The lowest BCUT2D eigenvalue weighted by atomic mass is 9.53. The molecule has 4 aliphatic rings. The minimum atomic E-state index is -0.869. The van der Waals surface area contributed by atoms with Crippen LogP contribution >= 0.6 is 0 Å². The Morgan fingerprint density at radius 3 is 2.65 bits per heavy atom. The van der Waals surface area contributed by atoms with Crippen LogP contribution in [0, 0.1) is 5.92 Å². The third-order valence-corrected chi connectivity index (χ3v) is 6.66. The highest BCUT2D eigenvalue weighted by Crippen LogP contribution is 2.63. The Labute approximate surface area is 148 Å². The monoisotopic (exact) mass is 355 g/mol. The van der Waals surface area contributed by atoms with Crippen molar-refractivity contribution >= 4 is 19.0 Å². The lowest BCUT2D eigenvalue weighted by Gasteiger charge is -2.56. The summed E-state index contributed by atoms with van der Waals surface area (Å²) in [5.74, 6) is -0.222. The van der Waals surface area contributed by atoms with Crippen molar-refractivity contribution < 1.29 is 29.3 Å². The van der Waals surface area contributed by atoms with E-state index in [1.807, 2.05) is 6.08 Å². The molecule has 1 fully saturated rings. The first-order valence-corrected chi connectivity index (χ1v) is 8.65. The van der Waals surface area contributed by atoms with Crippen LogP contribution < -0.4 is 4.74 Å². The van der Waals surface area contributed by atoms with Gasteiger partial charge >= 0.3 is 0 Å². The fourth-order valence-corrected chi connectivity index (χ4v) is 5.66. The first-order chi connectivity index (χ1) is 12.6. The predicted molar refractivity (Wildman–Crippen MR) is 88.5 cm³/mol. The molecule has 0 saturated carbocycles. The number of carbonyl (C=O) groups excluding carboxylic acids is 3. The van der Waals surface area contributed by atoms with Crippen molar-refractivity contribution in [2.45, 2.75) is 36.5 Å². The van der Waals surface area contributed by atoms with Gasteiger partial charge in [0.1, 0.15) is 12.2 Å². The number of piperidine rings is 1. The number of hydrogen-bond donors (Lipinski definition) is 2. The van der Waals surface area contributed by atoms with E-state index in [9.17, 15) is 24.6 Å². The average molecular weight is 355 g/mol. The minimum Gasteiger partial charge on any atom is -0.504 e. The molecule has 1 aromatic rings. The van der Waals surface area contributed by atoms with Crippen molar-refractivity contribution in [3.05, 3.63) is 34.4 Å². The molecule has 1 spiro atoms. The Bertz CT molecular complexity index is 893. The molecular formula is C19H17NO6. The van der Waals surface area contributed by atoms with E-state index < -0.39 is 17.6 Å². The Balaban J connectivity index is 1.88. The maximum Gasteiger partial charge on any atom is 0.209 e. The van der Waals surface area contributed by atoms with Gasteiger partial charge in [-0.3, -0.25) is 14.4 Å². The number of aldehydes is 2. The number of carbonyl (C=O) groups is 3. The van der Waals surface area contributed by atoms with E-state index in [0.717, 1.165) is 12.0 Å². The van der Waals surface area contributed by atoms with Crippen molar-refractivity contribution in [1.29, 1.82) is 0 Å². The smallest absolute Gasteiger partial charge is 0.209 e. The molecule has 2 heterocycles. The molecule has 1 aromatic carbocycles. The zero-order chi connectivity index (χ0) is 18.2. The fourth-order valence-electron chi connectivity index (χ4n) is 5.66. The highest BCUT2D eigenvalue weighted by molar-refractivity contribution is 5.97. The summed E-state index contributed by atoms with van der Waals surface area (Å²) in [6, 6.07) is -0.183. The molecule has 134 valence electrons. The second-order valence-corrected chi connectivity index (χ2v) is 7.44. The van der Waals surface area contributed by atoms with Gasteiger partial charge in [0.05, 0.1) is 5.56 Å². The van der Waals surface area contributed by atoms with Gasteiger partial charge in [0.2, 0.25) is 6.41 Å². The van der Waals surface area contributed by atoms with Crippen molar-refractivity contribution in [2.75, 3.05) is 6.54 Å². The van der Waals surface area contributed by atoms with Crippen LogP contribution in [0.25, 0.3) is 0 Å². The zero-order valence-corrected chi connectivity index (χ0v) is 13.8. The molecule has 2 aliphatic carbocycles. The maximum atomic E-state index is 11.8. The molecule has 2 bridgehead atoms. The summed E-state index contributed by atoms with van der Waals surface area (Å²) in [4.78, 5) is 36.6. The average Bonchev–Trinajstić information content (AvgIpc) is 2.99. The number of aliphatic hydroxyl groups excluding tert-OH is 1. The van der Waals surface area contributed by atoms with E-state index in [2.05, 4.69) is 0 Å². The number of rotatable bonds is 3. The molecule has 7 heteroatoms. The van der Waals surface area contributed by atoms with Crippen LogP contribution in [0.2, 0.25) is 0 Å². The third-order valence-electron chi connectivity index (χ3n) is 6.66. The fraction of sp³-hybridized carbons (Fsp3) is 0.421. The number of amides is 1. The van der Waals surface area contributed by atoms with E-state index in [1.54, 1.807) is 11.0 Å². The summed E-state index contributed by atoms with van der Waals surface area (Å²) in [5, 5.41) is 21.1. The van der Waals surface area contributed by atoms with Crippen molar-refractivity contribution in [3.8, 4) is 11.5 Å². The first kappa shape index (κ1) is 15.6. The van der Waals surface area contributed by atoms with Gasteiger partial charge in [0, 0.05) is 35.0 Å². The quantitative estimate of drug-likeness (QED) is 0.599. The maximum absolute atomic E-state index is 11.8. The lowest BCUT2D eigenvalue weighted by molar-refractivity contribution is -0.127. The van der Waals surface area contributed by atoms with Crippen molar-refractivity contribution in [3.63, 3.8) is 0 Å². The minimum absolute atomic E-state index is 0.0791. The van der Waals surface area contributed by atoms with Crippen LogP contribution in [0.5, 0.6) is 11.5 Å². The standard InChI is InChI=1S/C19H17NO6/c21-6-10-9-5-13-12-1-2-14(24)18-19(12,3-4-20(13)8-23)15(9)17(26-18)16(25)11(10)7-22/h1-2,6-8,12-14,18,24-25H,3-5H2/t12-,13+,14-,18-,19-/m0/s1. The van der Waals surface area contributed by atoms with Crippen LogP contribution in [-0.2, 0) is 16.6 Å². The van der Waals surface area contributed by atoms with Crippen LogP contribution in [0.3, 0.4) is 0 Å². The molecule has 0 unspecified atom stereocenters. The van der Waals surface area contributed by atoms with Gasteiger partial charge in [0.25, 0.3) is 0 Å². The first-order valence-electron chi connectivity index (χ1n) is 8.65. The molecular weight excluding hydrogens is 338 g/mol. The SMILES string of the molecule is O=Cc1c(O)c2c3c(c1C=O)C[C@@H]1[C@@H]4C=C[C@H](O)[C@H](O2)[C@]34CCN1C=O. The molecule has 2 N–H and O–H groups in total. The number of aliphatic hydroxyl groups is 1. The van der Waals surface area contributed by atoms with E-state index in [1.165, 1.54) is 0 Å². The Kier molecular flexibility index (Phi) is 2.96. The van der Waals surface area contributed by atoms with Gasteiger partial charge in [-0.25, -0.2) is 0 Å². The Morgan fingerprint density at radius 2 is 1.96 bits per heavy atom. The van der Waals surface area contributed by atoms with E-state index >= 15 is 0 Å². The number of likely N-dealkylation sites (tertiary alicyclic amines) is 1. The Morgan fingerprint density at radius 1 is 1.19 bits per heavy atom. The topological polar surface area (TPSA) is 104 Å². The molecule has 5 rings (SSSR count). The zero-order valence-electron chi connectivity index (χ0n) is 13.8. The van der Waals surface area contributed by atoms with Gasteiger partial charge in [-0.1, -0.05) is 12.2 Å². The number of aromatic hydroxyl groups is 1. The number of phenolic OH excluding ortho intramolecular Hbond substituents is 1. The molecule has 5 atom stereocenters. The number of ether oxygens (including phenoxy) is 1. The van der Waals surface area contributed by atoms with E-state index in [-0.39, 0.29) is 34.6 Å². The molecule has 0 aromatic heterocycles. The van der Waals surface area contributed by atoms with E-state index in [4.69, 9.17) is 4.74 Å². The lowest BCUT2D eigenvalue weighted by Crippen LogP contribution is -2.65. The van der Waals surface area contributed by atoms with Gasteiger partial charge in [-0.2, -0.15) is 0 Å².